The molecule has 12 heteroatoms. The predicted octanol–water partition coefficient (Wildman–Crippen LogP) is 4.54. The zero-order valence-electron chi connectivity index (χ0n) is 20.7. The maximum atomic E-state index is 13.4. The van der Waals surface area contributed by atoms with Crippen LogP contribution >= 0.6 is 0 Å². The minimum atomic E-state index is -2.86. The summed E-state index contributed by atoms with van der Waals surface area (Å²) in [5, 5.41) is 11.4. The summed E-state index contributed by atoms with van der Waals surface area (Å²) in [7, 11) is 0. The van der Waals surface area contributed by atoms with Gasteiger partial charge in [0.2, 0.25) is 5.89 Å². The van der Waals surface area contributed by atoms with E-state index in [2.05, 4.69) is 25.4 Å². The highest BCUT2D eigenvalue weighted by molar-refractivity contribution is 5.93. The second-order valence-corrected chi connectivity index (χ2v) is 9.44. The lowest BCUT2D eigenvalue weighted by Crippen LogP contribution is -2.40. The minimum Gasteiger partial charge on any atom is -0.436 e. The van der Waals surface area contributed by atoms with Crippen LogP contribution in [0.4, 0.5) is 14.5 Å². The number of halogens is 2. The Morgan fingerprint density at radius 1 is 1.05 bits per heavy atom. The lowest BCUT2D eigenvalue weighted by Gasteiger charge is -2.35. The van der Waals surface area contributed by atoms with Crippen LogP contribution in [0.2, 0.25) is 0 Å². The summed E-state index contributed by atoms with van der Waals surface area (Å²) in [6, 6.07) is 18.2. The number of pyridine rings is 1. The number of likely N-dealkylation sites (tertiary alicyclic amines) is 1. The van der Waals surface area contributed by atoms with Gasteiger partial charge >= 0.3 is 6.55 Å². The van der Waals surface area contributed by atoms with E-state index in [1.165, 1.54) is 0 Å². The number of rotatable bonds is 6. The van der Waals surface area contributed by atoms with Gasteiger partial charge in [-0.1, -0.05) is 35.1 Å². The molecule has 39 heavy (non-hydrogen) atoms. The number of nitrogens with zero attached hydrogens (tertiary/aromatic N) is 7. The van der Waals surface area contributed by atoms with Gasteiger partial charge in [0.25, 0.3) is 5.91 Å². The van der Waals surface area contributed by atoms with Crippen LogP contribution in [-0.2, 0) is 0 Å². The number of hydrogen-bond donors (Lipinski definition) is 1. The lowest BCUT2D eigenvalue weighted by atomic mass is 9.79. The second kappa shape index (κ2) is 10.2. The second-order valence-electron chi connectivity index (χ2n) is 9.44. The van der Waals surface area contributed by atoms with Gasteiger partial charge in [0.15, 0.2) is 11.4 Å². The zero-order chi connectivity index (χ0) is 26.9. The first-order valence-corrected chi connectivity index (χ1v) is 12.5. The molecule has 1 aliphatic rings. The number of aromatic nitrogens is 6. The van der Waals surface area contributed by atoms with Crippen LogP contribution in [0.15, 0.2) is 71.3 Å². The van der Waals surface area contributed by atoms with Crippen molar-refractivity contribution in [1.82, 2.24) is 35.1 Å². The van der Waals surface area contributed by atoms with Gasteiger partial charge in [-0.05, 0) is 59.9 Å². The van der Waals surface area contributed by atoms with Gasteiger partial charge in [-0.2, -0.15) is 8.78 Å². The van der Waals surface area contributed by atoms with Crippen molar-refractivity contribution in [3.8, 4) is 11.5 Å². The number of carbonyl (C=O) groups excluding carboxylic acids is 1. The fourth-order valence-corrected chi connectivity index (χ4v) is 5.08. The topological polar surface area (TPSA) is 129 Å². The van der Waals surface area contributed by atoms with Crippen molar-refractivity contribution in [2.24, 2.45) is 5.92 Å². The van der Waals surface area contributed by atoms with Gasteiger partial charge in [0.05, 0.1) is 5.92 Å². The fraction of sp³-hybridized carbons (Fsp3) is 0.259. The molecular formula is C27H24F2N8O2. The third-order valence-corrected chi connectivity index (χ3v) is 6.99. The van der Waals surface area contributed by atoms with Gasteiger partial charge in [-0.3, -0.25) is 9.78 Å². The average Bonchev–Trinajstić information content (AvgIpc) is 3.62. The highest BCUT2D eigenvalue weighted by Gasteiger charge is 2.34. The molecule has 0 bridgehead atoms. The van der Waals surface area contributed by atoms with E-state index in [9.17, 15) is 13.6 Å². The Kier molecular flexibility index (Phi) is 6.43. The molecule has 1 fully saturated rings. The molecule has 0 spiro atoms. The number of benzene rings is 2. The quantitative estimate of drug-likeness (QED) is 0.317. The van der Waals surface area contributed by atoms with Crippen LogP contribution in [0.25, 0.3) is 22.6 Å². The molecule has 0 aliphatic carbocycles. The molecule has 1 amide bonds. The van der Waals surface area contributed by atoms with Crippen molar-refractivity contribution < 1.29 is 18.0 Å². The van der Waals surface area contributed by atoms with Crippen molar-refractivity contribution in [3.63, 3.8) is 0 Å². The fourth-order valence-electron chi connectivity index (χ4n) is 5.08. The van der Waals surface area contributed by atoms with Crippen molar-refractivity contribution in [3.05, 3.63) is 83.9 Å². The van der Waals surface area contributed by atoms with Crippen molar-refractivity contribution in [2.75, 3.05) is 18.8 Å². The molecule has 0 radical (unpaired) electrons. The summed E-state index contributed by atoms with van der Waals surface area (Å²) in [6.07, 6.45) is 2.84. The largest absolute Gasteiger partial charge is 0.436 e. The SMILES string of the molecule is Nc1ccc2oc(-c3ccnc(C(=O)N4CCC(C(c5ccccc5)c5nnn(C(F)F)n5)CC4)c3)nc2c1. The molecular weight excluding hydrogens is 506 g/mol. The molecule has 0 saturated carbocycles. The van der Waals surface area contributed by atoms with Crippen LogP contribution in [0.5, 0.6) is 0 Å². The number of anilines is 1. The number of nitrogens with two attached hydrogens (primary N) is 1. The summed E-state index contributed by atoms with van der Waals surface area (Å²) >= 11 is 0. The molecule has 4 heterocycles. The van der Waals surface area contributed by atoms with E-state index in [0.717, 1.165) is 5.56 Å². The smallest absolute Gasteiger partial charge is 0.350 e. The number of fused-ring (bicyclic) bond motifs is 1. The third kappa shape index (κ3) is 4.92. The number of oxazole rings is 1. The molecule has 2 aromatic carbocycles. The number of piperidine rings is 1. The number of tetrazole rings is 1. The highest BCUT2D eigenvalue weighted by Crippen LogP contribution is 2.37. The molecule has 1 saturated heterocycles. The van der Waals surface area contributed by atoms with E-state index < -0.39 is 6.55 Å². The normalized spacial score (nSPS) is 15.2. The molecule has 10 nitrogen and oxygen atoms in total. The van der Waals surface area contributed by atoms with Crippen LogP contribution in [-0.4, -0.2) is 54.1 Å². The summed E-state index contributed by atoms with van der Waals surface area (Å²) in [4.78, 5) is 24.2. The van der Waals surface area contributed by atoms with Crippen molar-refractivity contribution in [1.29, 1.82) is 0 Å². The predicted molar refractivity (Wildman–Crippen MR) is 138 cm³/mol. The summed E-state index contributed by atoms with van der Waals surface area (Å²) < 4.78 is 32.1. The third-order valence-electron chi connectivity index (χ3n) is 6.99. The van der Waals surface area contributed by atoms with E-state index >= 15 is 0 Å². The summed E-state index contributed by atoms with van der Waals surface area (Å²) in [5.41, 5.74) is 9.50. The lowest BCUT2D eigenvalue weighted by molar-refractivity contribution is 0.0391. The Balaban J connectivity index is 1.19. The Hall–Kier alpha value is -4.74. The van der Waals surface area contributed by atoms with Gasteiger partial charge < -0.3 is 15.1 Å². The number of nitrogen functional groups attached to an aromatic ring is 1. The van der Waals surface area contributed by atoms with Crippen LogP contribution in [0.1, 0.15) is 47.2 Å². The first kappa shape index (κ1) is 24.6. The van der Waals surface area contributed by atoms with Gasteiger partial charge in [-0.15, -0.1) is 10.2 Å². The number of hydrogen-bond acceptors (Lipinski definition) is 8. The van der Waals surface area contributed by atoms with E-state index in [-0.39, 0.29) is 29.3 Å². The Bertz CT molecular complexity index is 1610. The minimum absolute atomic E-state index is 0.0400. The van der Waals surface area contributed by atoms with Gasteiger partial charge in [-0.25, -0.2) is 4.98 Å². The first-order valence-electron chi connectivity index (χ1n) is 12.5. The van der Waals surface area contributed by atoms with Crippen molar-refractivity contribution in [2.45, 2.75) is 25.3 Å². The standard InChI is InChI=1S/C27H24F2N8O2/c28-27(29)37-34-24(33-35-37)23(16-4-2-1-3-5-16)17-9-12-36(13-10-17)26(38)21-14-18(8-11-31-21)25-32-20-15-19(30)6-7-22(20)39-25/h1-8,11,14-15,17,23,27H,9-10,12-13,30H2. The maximum absolute atomic E-state index is 13.4. The summed E-state index contributed by atoms with van der Waals surface area (Å²) in [5.74, 6) is 0.152. The van der Waals surface area contributed by atoms with Crippen LogP contribution < -0.4 is 5.73 Å². The first-order chi connectivity index (χ1) is 19.0. The van der Waals surface area contributed by atoms with E-state index in [4.69, 9.17) is 10.2 Å². The molecule has 1 aliphatic heterocycles. The maximum Gasteiger partial charge on any atom is 0.350 e. The number of amides is 1. The van der Waals surface area contributed by atoms with Gasteiger partial charge in [0.1, 0.15) is 11.2 Å². The number of carbonyl (C=O) groups is 1. The van der Waals surface area contributed by atoms with Gasteiger partial charge in [0, 0.05) is 30.5 Å². The molecule has 3 aromatic heterocycles. The summed E-state index contributed by atoms with van der Waals surface area (Å²) in [6.45, 7) is -1.91. The number of alkyl halides is 2. The zero-order valence-corrected chi connectivity index (χ0v) is 20.7. The molecule has 5 aromatic rings. The monoisotopic (exact) mass is 530 g/mol. The van der Waals surface area contributed by atoms with Crippen LogP contribution in [0, 0.1) is 5.92 Å². The van der Waals surface area contributed by atoms with E-state index in [1.54, 1.807) is 41.4 Å². The Morgan fingerprint density at radius 3 is 2.59 bits per heavy atom. The molecule has 1 unspecified atom stereocenters. The van der Waals surface area contributed by atoms with E-state index in [0.29, 0.717) is 59.0 Å². The molecule has 1 atom stereocenters. The van der Waals surface area contributed by atoms with E-state index in [1.807, 2.05) is 30.3 Å². The molecule has 198 valence electrons. The van der Waals surface area contributed by atoms with Crippen LogP contribution in [0.3, 0.4) is 0 Å². The Morgan fingerprint density at radius 2 is 1.85 bits per heavy atom. The van der Waals surface area contributed by atoms with Crippen molar-refractivity contribution >= 4 is 22.7 Å². The molecule has 6 rings (SSSR count). The highest BCUT2D eigenvalue weighted by atomic mass is 19.3. The molecule has 2 N–H and O–H groups in total. The average molecular weight is 531 g/mol. The Labute approximate surface area is 221 Å².